The first kappa shape index (κ1) is 20.9. The van der Waals surface area contributed by atoms with Crippen molar-refractivity contribution in [3.05, 3.63) is 108 Å². The van der Waals surface area contributed by atoms with Crippen LogP contribution in [0.4, 0.5) is 0 Å². The van der Waals surface area contributed by atoms with E-state index >= 15 is 0 Å². The molecule has 7 rings (SSSR count). The van der Waals surface area contributed by atoms with Gasteiger partial charge < -0.3 is 0 Å². The average Bonchev–Trinajstić information content (AvgIpc) is 3.50. The van der Waals surface area contributed by atoms with Crippen molar-refractivity contribution in [1.82, 2.24) is 0 Å². The summed E-state index contributed by atoms with van der Waals surface area (Å²) in [5, 5.41) is 23.7. The van der Waals surface area contributed by atoms with Gasteiger partial charge in [0.05, 0.1) is 23.3 Å². The number of nitriles is 2. The molecule has 0 aliphatic heterocycles. The van der Waals surface area contributed by atoms with Gasteiger partial charge in [0.1, 0.15) is 0 Å². The number of rotatable bonds is 2. The van der Waals surface area contributed by atoms with Crippen LogP contribution < -0.4 is 0 Å². The highest BCUT2D eigenvalue weighted by atomic mass is 32.1. The maximum Gasteiger partial charge on any atom is 0.0991 e. The van der Waals surface area contributed by atoms with E-state index in [9.17, 15) is 10.5 Å². The van der Waals surface area contributed by atoms with Crippen molar-refractivity contribution < 1.29 is 0 Å². The fourth-order valence-corrected chi connectivity index (χ4v) is 7.39. The van der Waals surface area contributed by atoms with E-state index in [0.717, 1.165) is 22.3 Å². The van der Waals surface area contributed by atoms with E-state index in [1.54, 1.807) is 0 Å². The van der Waals surface area contributed by atoms with Gasteiger partial charge in [-0.1, -0.05) is 42.5 Å². The van der Waals surface area contributed by atoms with Gasteiger partial charge in [0.25, 0.3) is 0 Å². The van der Waals surface area contributed by atoms with E-state index in [1.807, 2.05) is 59.1 Å². The first-order valence-corrected chi connectivity index (χ1v) is 13.2. The van der Waals surface area contributed by atoms with Crippen molar-refractivity contribution in [2.45, 2.75) is 0 Å². The molecule has 0 radical (unpaired) electrons. The summed E-state index contributed by atoms with van der Waals surface area (Å²) in [6.45, 7) is 0. The molecule has 0 spiro atoms. The lowest BCUT2D eigenvalue weighted by Crippen LogP contribution is -1.80. The van der Waals surface area contributed by atoms with Gasteiger partial charge >= 0.3 is 0 Å². The molecule has 166 valence electrons. The second kappa shape index (κ2) is 8.04. The van der Waals surface area contributed by atoms with E-state index in [1.165, 1.54) is 40.3 Å². The summed E-state index contributed by atoms with van der Waals surface area (Å²) in [7, 11) is 0. The van der Waals surface area contributed by atoms with Gasteiger partial charge in [-0.2, -0.15) is 10.5 Å². The van der Waals surface area contributed by atoms with Crippen LogP contribution in [-0.4, -0.2) is 0 Å². The highest BCUT2D eigenvalue weighted by Gasteiger charge is 2.15. The highest BCUT2D eigenvalue weighted by molar-refractivity contribution is 7.29. The monoisotopic (exact) mass is 492 g/mol. The first-order valence-electron chi connectivity index (χ1n) is 11.5. The molecular formula is C32H16N2S2. The summed E-state index contributed by atoms with van der Waals surface area (Å²) in [4.78, 5) is 0. The molecule has 2 aromatic heterocycles. The summed E-state index contributed by atoms with van der Waals surface area (Å²) in [6, 6.07) is 37.8. The number of thiophene rings is 2. The third kappa shape index (κ3) is 3.21. The Hall–Kier alpha value is -4.48. The zero-order chi connectivity index (χ0) is 24.2. The van der Waals surface area contributed by atoms with Crippen molar-refractivity contribution in [3.63, 3.8) is 0 Å². The van der Waals surface area contributed by atoms with Gasteiger partial charge in [0, 0.05) is 40.3 Å². The highest BCUT2D eigenvalue weighted by Crippen LogP contribution is 2.45. The number of benzene rings is 5. The fraction of sp³-hybridized carbons (Fsp3) is 0. The number of hydrogen-bond donors (Lipinski definition) is 0. The standard InChI is InChI=1S/C32H16N2S2/c33-17-19-3-1-5-21(13-19)23-7-10-28-26(15-23)25-9-12-30-31(32(25)36-28)27-16-24(8-11-29(27)35-30)22-6-2-4-20(14-22)18-34/h1-16H. The minimum absolute atomic E-state index is 0.672. The molecule has 36 heavy (non-hydrogen) atoms. The van der Waals surface area contributed by atoms with Crippen molar-refractivity contribution >= 4 is 63.0 Å². The topological polar surface area (TPSA) is 47.6 Å². The predicted octanol–water partition coefficient (Wildman–Crippen LogP) is 9.50. The molecular weight excluding hydrogens is 477 g/mol. The molecule has 2 nitrogen and oxygen atoms in total. The smallest absolute Gasteiger partial charge is 0.0991 e. The largest absolute Gasteiger partial charge is 0.192 e. The zero-order valence-corrected chi connectivity index (χ0v) is 20.6. The van der Waals surface area contributed by atoms with Crippen molar-refractivity contribution in [3.8, 4) is 34.4 Å². The van der Waals surface area contributed by atoms with E-state index in [-0.39, 0.29) is 0 Å². The van der Waals surface area contributed by atoms with Gasteiger partial charge in [-0.05, 0) is 76.9 Å². The Balaban J connectivity index is 1.47. The predicted molar refractivity (Wildman–Crippen MR) is 153 cm³/mol. The summed E-state index contributed by atoms with van der Waals surface area (Å²) in [5.74, 6) is 0. The van der Waals surface area contributed by atoms with Crippen molar-refractivity contribution in [2.75, 3.05) is 0 Å². The summed E-state index contributed by atoms with van der Waals surface area (Å²) in [5.41, 5.74) is 5.70. The molecule has 0 saturated heterocycles. The van der Waals surface area contributed by atoms with Crippen LogP contribution in [-0.2, 0) is 0 Å². The normalized spacial score (nSPS) is 11.3. The third-order valence-electron chi connectivity index (χ3n) is 6.72. The summed E-state index contributed by atoms with van der Waals surface area (Å²) >= 11 is 3.67. The van der Waals surface area contributed by atoms with Crippen LogP contribution >= 0.6 is 22.7 Å². The molecule has 0 unspecified atom stereocenters. The lowest BCUT2D eigenvalue weighted by molar-refractivity contribution is 1.48. The average molecular weight is 493 g/mol. The van der Waals surface area contributed by atoms with Gasteiger partial charge in [-0.25, -0.2) is 0 Å². The molecule has 4 heteroatoms. The molecule has 7 aromatic rings. The maximum atomic E-state index is 9.33. The minimum atomic E-state index is 0.672. The molecule has 0 amide bonds. The lowest BCUT2D eigenvalue weighted by Gasteiger charge is -2.03. The Labute approximate surface area is 215 Å². The van der Waals surface area contributed by atoms with Gasteiger partial charge in [0.2, 0.25) is 0 Å². The SMILES string of the molecule is N#Cc1cccc(-c2ccc3sc4c(ccc5sc6ccc(-c7cccc(C#N)c7)cc6c54)c3c2)c1. The zero-order valence-electron chi connectivity index (χ0n) is 18.9. The second-order valence-electron chi connectivity index (χ2n) is 8.83. The van der Waals surface area contributed by atoms with Crippen LogP contribution in [0, 0.1) is 22.7 Å². The number of nitrogens with zero attached hydrogens (tertiary/aromatic N) is 2. The molecule has 0 fully saturated rings. The second-order valence-corrected chi connectivity index (χ2v) is 11.0. The maximum absolute atomic E-state index is 9.33. The van der Waals surface area contributed by atoms with Gasteiger partial charge in [-0.3, -0.25) is 0 Å². The van der Waals surface area contributed by atoms with Crippen LogP contribution in [0.2, 0.25) is 0 Å². The molecule has 0 atom stereocenters. The van der Waals surface area contributed by atoms with E-state index in [4.69, 9.17) is 0 Å². The third-order valence-corrected chi connectivity index (χ3v) is 9.06. The van der Waals surface area contributed by atoms with E-state index in [0.29, 0.717) is 11.1 Å². The Morgan fingerprint density at radius 3 is 1.67 bits per heavy atom. The van der Waals surface area contributed by atoms with Gasteiger partial charge in [-0.15, -0.1) is 22.7 Å². The Bertz CT molecular complexity index is 2080. The molecule has 2 heterocycles. The molecule has 0 aliphatic carbocycles. The van der Waals surface area contributed by atoms with Crippen LogP contribution in [0.5, 0.6) is 0 Å². The van der Waals surface area contributed by atoms with Gasteiger partial charge in [0.15, 0.2) is 0 Å². The van der Waals surface area contributed by atoms with Crippen molar-refractivity contribution in [1.29, 1.82) is 10.5 Å². The Kier molecular flexibility index (Phi) is 4.66. The first-order chi connectivity index (χ1) is 17.7. The van der Waals surface area contributed by atoms with E-state index in [2.05, 4.69) is 72.8 Å². The molecule has 5 aromatic carbocycles. The minimum Gasteiger partial charge on any atom is -0.192 e. The molecule has 0 saturated carbocycles. The summed E-state index contributed by atoms with van der Waals surface area (Å²) in [6.07, 6.45) is 0. The van der Waals surface area contributed by atoms with Crippen LogP contribution in [0.3, 0.4) is 0 Å². The van der Waals surface area contributed by atoms with E-state index < -0.39 is 0 Å². The Morgan fingerprint density at radius 1 is 0.472 bits per heavy atom. The van der Waals surface area contributed by atoms with Crippen LogP contribution in [0.25, 0.3) is 62.6 Å². The Morgan fingerprint density at radius 2 is 1.03 bits per heavy atom. The number of fused-ring (bicyclic) bond motifs is 7. The lowest BCUT2D eigenvalue weighted by atomic mass is 9.99. The molecule has 0 aliphatic rings. The fourth-order valence-electron chi connectivity index (χ4n) is 4.99. The number of hydrogen-bond acceptors (Lipinski definition) is 4. The quantitative estimate of drug-likeness (QED) is 0.241. The van der Waals surface area contributed by atoms with Crippen molar-refractivity contribution in [2.24, 2.45) is 0 Å². The summed E-state index contributed by atoms with van der Waals surface area (Å²) < 4.78 is 5.12. The van der Waals surface area contributed by atoms with Crippen LogP contribution in [0.15, 0.2) is 97.1 Å². The molecule has 0 N–H and O–H groups in total. The molecule has 0 bridgehead atoms. The van der Waals surface area contributed by atoms with Crippen LogP contribution in [0.1, 0.15) is 11.1 Å².